The number of nitrogens with one attached hydrogen (secondary N) is 1. The van der Waals surface area contributed by atoms with Gasteiger partial charge in [-0.3, -0.25) is 14.9 Å². The lowest BCUT2D eigenvalue weighted by Gasteiger charge is -2.45. The van der Waals surface area contributed by atoms with Crippen molar-refractivity contribution in [2.24, 2.45) is 11.5 Å². The molecule has 0 saturated heterocycles. The number of carbonyl (C=O) groups is 2. The van der Waals surface area contributed by atoms with Crippen LogP contribution in [0.2, 0.25) is 0 Å². The fourth-order valence-corrected chi connectivity index (χ4v) is 4.59. The maximum absolute atomic E-state index is 12.7. The standard InChI is InChI=1S/C21H23N3O2/c22-19(25)14-8-9-15-12-24-21(20(23)26,11-16(15)10-14)18-7-3-5-13-4-1-2-6-17(13)18/h1-2,4,6,8-10,18,24H,3,5,7,11-12H2,(H2,22,25)(H2,23,26)/t18-,21?/m1/s1. The van der Waals surface area contributed by atoms with Gasteiger partial charge in [0.1, 0.15) is 5.54 Å². The van der Waals surface area contributed by atoms with E-state index < -0.39 is 11.4 Å². The molecule has 2 aliphatic rings. The minimum Gasteiger partial charge on any atom is -0.368 e. The van der Waals surface area contributed by atoms with E-state index in [1.807, 2.05) is 24.3 Å². The molecule has 0 bridgehead atoms. The van der Waals surface area contributed by atoms with Crippen molar-refractivity contribution in [1.29, 1.82) is 0 Å². The predicted molar refractivity (Wildman–Crippen MR) is 99.6 cm³/mol. The van der Waals surface area contributed by atoms with Crippen LogP contribution in [0, 0.1) is 0 Å². The van der Waals surface area contributed by atoms with Gasteiger partial charge in [0, 0.05) is 24.4 Å². The quantitative estimate of drug-likeness (QED) is 0.788. The monoisotopic (exact) mass is 349 g/mol. The van der Waals surface area contributed by atoms with Crippen LogP contribution in [0.4, 0.5) is 0 Å². The highest BCUT2D eigenvalue weighted by atomic mass is 16.2. The van der Waals surface area contributed by atoms with Gasteiger partial charge in [-0.1, -0.05) is 30.3 Å². The van der Waals surface area contributed by atoms with Crippen molar-refractivity contribution in [3.63, 3.8) is 0 Å². The molecule has 2 atom stereocenters. The lowest BCUT2D eigenvalue weighted by Crippen LogP contribution is -2.62. The van der Waals surface area contributed by atoms with E-state index in [1.165, 1.54) is 11.1 Å². The molecule has 4 rings (SSSR count). The highest BCUT2D eigenvalue weighted by molar-refractivity contribution is 5.93. The molecule has 1 aliphatic carbocycles. The average Bonchev–Trinajstić information content (AvgIpc) is 2.66. The molecule has 5 N–H and O–H groups in total. The molecule has 5 nitrogen and oxygen atoms in total. The number of benzene rings is 2. The van der Waals surface area contributed by atoms with E-state index in [9.17, 15) is 9.59 Å². The smallest absolute Gasteiger partial charge is 0.248 e. The van der Waals surface area contributed by atoms with Crippen LogP contribution >= 0.6 is 0 Å². The van der Waals surface area contributed by atoms with Crippen LogP contribution in [0.25, 0.3) is 0 Å². The second-order valence-corrected chi connectivity index (χ2v) is 7.36. The summed E-state index contributed by atoms with van der Waals surface area (Å²) in [6, 6.07) is 13.8. The zero-order valence-electron chi connectivity index (χ0n) is 14.6. The molecule has 0 radical (unpaired) electrons. The third-order valence-electron chi connectivity index (χ3n) is 5.96. The summed E-state index contributed by atoms with van der Waals surface area (Å²) in [5.74, 6) is -0.774. The van der Waals surface area contributed by atoms with Crippen molar-refractivity contribution in [3.05, 3.63) is 70.3 Å². The Kier molecular flexibility index (Phi) is 4.04. The second-order valence-electron chi connectivity index (χ2n) is 7.36. The highest BCUT2D eigenvalue weighted by Gasteiger charge is 2.48. The summed E-state index contributed by atoms with van der Waals surface area (Å²) in [6.07, 6.45) is 3.45. The van der Waals surface area contributed by atoms with Crippen LogP contribution in [-0.4, -0.2) is 17.4 Å². The predicted octanol–water partition coefficient (Wildman–Crippen LogP) is 1.78. The maximum Gasteiger partial charge on any atom is 0.248 e. The van der Waals surface area contributed by atoms with Crippen LogP contribution in [0.3, 0.4) is 0 Å². The van der Waals surface area contributed by atoms with Crippen molar-refractivity contribution < 1.29 is 9.59 Å². The van der Waals surface area contributed by atoms with Crippen LogP contribution < -0.4 is 16.8 Å². The first-order valence-corrected chi connectivity index (χ1v) is 9.05. The number of aryl methyl sites for hydroxylation is 1. The Bertz CT molecular complexity index is 893. The Balaban J connectivity index is 1.79. The number of primary amides is 2. The number of rotatable bonds is 3. The Labute approximate surface area is 152 Å². The van der Waals surface area contributed by atoms with Gasteiger partial charge in [-0.25, -0.2) is 0 Å². The number of nitrogens with two attached hydrogens (primary N) is 2. The molecule has 1 unspecified atom stereocenters. The first-order chi connectivity index (χ1) is 12.5. The maximum atomic E-state index is 12.7. The van der Waals surface area contributed by atoms with Gasteiger partial charge in [0.25, 0.3) is 0 Å². The number of fused-ring (bicyclic) bond motifs is 2. The summed E-state index contributed by atoms with van der Waals surface area (Å²) in [6.45, 7) is 0.552. The van der Waals surface area contributed by atoms with Gasteiger partial charge in [0.15, 0.2) is 0 Å². The summed E-state index contributed by atoms with van der Waals surface area (Å²) in [5, 5.41) is 3.46. The van der Waals surface area contributed by atoms with Crippen molar-refractivity contribution in [3.8, 4) is 0 Å². The van der Waals surface area contributed by atoms with Gasteiger partial charge in [-0.05, 0) is 53.6 Å². The summed E-state index contributed by atoms with van der Waals surface area (Å²) >= 11 is 0. The Morgan fingerprint density at radius 3 is 2.62 bits per heavy atom. The molecule has 5 heteroatoms. The molecule has 0 fully saturated rings. The van der Waals surface area contributed by atoms with E-state index in [0.717, 1.165) is 30.4 Å². The molecule has 1 heterocycles. The number of hydrogen-bond donors (Lipinski definition) is 3. The first-order valence-electron chi connectivity index (χ1n) is 9.05. The molecule has 2 aromatic carbocycles. The fourth-order valence-electron chi connectivity index (χ4n) is 4.59. The topological polar surface area (TPSA) is 98.2 Å². The van der Waals surface area contributed by atoms with Gasteiger partial charge in [0.2, 0.25) is 11.8 Å². The fraction of sp³-hybridized carbons (Fsp3) is 0.333. The number of carbonyl (C=O) groups excluding carboxylic acids is 2. The van der Waals surface area contributed by atoms with Gasteiger partial charge >= 0.3 is 0 Å². The first kappa shape index (κ1) is 16.8. The molecule has 0 aromatic heterocycles. The van der Waals surface area contributed by atoms with Crippen LogP contribution in [0.5, 0.6) is 0 Å². The summed E-state index contributed by atoms with van der Waals surface area (Å²) in [7, 11) is 0. The third-order valence-corrected chi connectivity index (χ3v) is 5.96. The molecular weight excluding hydrogens is 326 g/mol. The summed E-state index contributed by atoms with van der Waals surface area (Å²) < 4.78 is 0. The lowest BCUT2D eigenvalue weighted by molar-refractivity contribution is -0.126. The van der Waals surface area contributed by atoms with Gasteiger partial charge < -0.3 is 11.5 Å². The second kappa shape index (κ2) is 6.25. The molecule has 2 amide bonds. The lowest BCUT2D eigenvalue weighted by atomic mass is 9.67. The van der Waals surface area contributed by atoms with Crippen molar-refractivity contribution >= 4 is 11.8 Å². The van der Waals surface area contributed by atoms with Crippen molar-refractivity contribution in [2.75, 3.05) is 0 Å². The SMILES string of the molecule is NC(=O)c1ccc2c(c1)CC(C(N)=O)([C@@H]1CCCc3ccccc31)NC2. The van der Waals surface area contributed by atoms with Crippen LogP contribution in [0.15, 0.2) is 42.5 Å². The van der Waals surface area contributed by atoms with E-state index in [2.05, 4.69) is 17.4 Å². The molecular formula is C21H23N3O2. The van der Waals surface area contributed by atoms with Gasteiger partial charge in [0.05, 0.1) is 0 Å². The van der Waals surface area contributed by atoms with Crippen LogP contribution in [-0.2, 0) is 24.2 Å². The Morgan fingerprint density at radius 1 is 1.04 bits per heavy atom. The van der Waals surface area contributed by atoms with Crippen LogP contribution in [0.1, 0.15) is 51.4 Å². The van der Waals surface area contributed by atoms with E-state index in [1.54, 1.807) is 6.07 Å². The van der Waals surface area contributed by atoms with E-state index in [4.69, 9.17) is 11.5 Å². The van der Waals surface area contributed by atoms with E-state index >= 15 is 0 Å². The van der Waals surface area contributed by atoms with Gasteiger partial charge in [-0.15, -0.1) is 0 Å². The molecule has 1 aliphatic heterocycles. The minimum absolute atomic E-state index is 0.0235. The zero-order chi connectivity index (χ0) is 18.3. The summed E-state index contributed by atoms with van der Waals surface area (Å²) in [5.41, 5.74) is 15.6. The van der Waals surface area contributed by atoms with E-state index in [0.29, 0.717) is 18.5 Å². The summed E-state index contributed by atoms with van der Waals surface area (Å²) in [4.78, 5) is 24.2. The van der Waals surface area contributed by atoms with Crippen molar-refractivity contribution in [1.82, 2.24) is 5.32 Å². The average molecular weight is 349 g/mol. The molecule has 134 valence electrons. The largest absolute Gasteiger partial charge is 0.368 e. The van der Waals surface area contributed by atoms with Crippen molar-refractivity contribution in [2.45, 2.75) is 43.7 Å². The Morgan fingerprint density at radius 2 is 1.85 bits per heavy atom. The number of amides is 2. The zero-order valence-corrected chi connectivity index (χ0v) is 14.6. The molecule has 0 saturated carbocycles. The number of hydrogen-bond acceptors (Lipinski definition) is 3. The third kappa shape index (κ3) is 2.59. The highest BCUT2D eigenvalue weighted by Crippen LogP contribution is 2.42. The molecule has 2 aromatic rings. The molecule has 26 heavy (non-hydrogen) atoms. The normalized spacial score (nSPS) is 24.4. The van der Waals surface area contributed by atoms with E-state index in [-0.39, 0.29) is 11.8 Å². The minimum atomic E-state index is -0.847. The Hall–Kier alpha value is -2.66. The van der Waals surface area contributed by atoms with Gasteiger partial charge in [-0.2, -0.15) is 0 Å². The molecule has 0 spiro atoms.